The number of carbonyl (C=O) groups excluding carboxylic acids is 3. The minimum absolute atomic E-state index is 0.0724. The minimum Gasteiger partial charge on any atom is -0.466 e. The summed E-state index contributed by atoms with van der Waals surface area (Å²) in [6.45, 7) is 6.45. The quantitative estimate of drug-likeness (QED) is 0.626. The molecule has 0 fully saturated rings. The second-order valence-corrected chi connectivity index (χ2v) is 2.61. The van der Waals surface area contributed by atoms with Gasteiger partial charge in [0.25, 0.3) is 0 Å². The van der Waals surface area contributed by atoms with Crippen molar-refractivity contribution in [3.8, 4) is 0 Å². The summed E-state index contributed by atoms with van der Waals surface area (Å²) in [6, 6.07) is 0. The van der Waals surface area contributed by atoms with Gasteiger partial charge < -0.3 is 4.74 Å². The Morgan fingerprint density at radius 1 is 1.38 bits per heavy atom. The van der Waals surface area contributed by atoms with Gasteiger partial charge in [-0.25, -0.2) is 0 Å². The van der Waals surface area contributed by atoms with E-state index >= 15 is 0 Å². The van der Waals surface area contributed by atoms with Crippen molar-refractivity contribution < 1.29 is 19.1 Å². The first-order valence-electron chi connectivity index (χ1n) is 4.27. The number of hydrogen-bond donors (Lipinski definition) is 0. The molecular weight excluding hydrogens is 172 g/mol. The van der Waals surface area contributed by atoms with E-state index in [4.69, 9.17) is 14.3 Å². The average Bonchev–Trinajstić information content (AvgIpc) is 2.06. The molecule has 0 amide bonds. The molecule has 13 heavy (non-hydrogen) atoms. The zero-order chi connectivity index (χ0) is 10.7. The molecule has 0 N–H and O–H groups in total. The first kappa shape index (κ1) is 14.4. The predicted molar refractivity (Wildman–Crippen MR) is 45.7 cm³/mol. The van der Waals surface area contributed by atoms with Gasteiger partial charge in [-0.2, -0.15) is 9.59 Å². The Kier molecular flexibility index (Phi) is 12.0. The maximum absolute atomic E-state index is 10.8. The van der Waals surface area contributed by atoms with Crippen LogP contribution in [0, 0.1) is 5.92 Å². The third-order valence-corrected chi connectivity index (χ3v) is 1.52. The molecule has 76 valence electrons. The summed E-state index contributed by atoms with van der Waals surface area (Å²) < 4.78 is 4.78. The van der Waals surface area contributed by atoms with Crippen molar-refractivity contribution in [2.75, 3.05) is 6.61 Å². The van der Waals surface area contributed by atoms with Crippen molar-refractivity contribution in [1.82, 2.24) is 0 Å². The highest BCUT2D eigenvalue weighted by Gasteiger charge is 2.06. The van der Waals surface area contributed by atoms with Crippen molar-refractivity contribution in [1.29, 1.82) is 0 Å². The number of ether oxygens (including phenoxy) is 1. The lowest BCUT2D eigenvalue weighted by Gasteiger charge is -2.06. The van der Waals surface area contributed by atoms with Gasteiger partial charge in [0.15, 0.2) is 0 Å². The molecule has 1 atom stereocenters. The molecule has 4 heteroatoms. The molecule has 0 aromatic carbocycles. The van der Waals surface area contributed by atoms with Crippen LogP contribution in [-0.4, -0.2) is 18.7 Å². The summed E-state index contributed by atoms with van der Waals surface area (Å²) in [5.74, 6) is 0.385. The van der Waals surface area contributed by atoms with Crippen molar-refractivity contribution in [2.24, 2.45) is 5.92 Å². The second kappa shape index (κ2) is 10.8. The normalized spacial score (nSPS) is 10.4. The van der Waals surface area contributed by atoms with E-state index in [0.29, 0.717) is 18.9 Å². The van der Waals surface area contributed by atoms with Crippen molar-refractivity contribution in [3.63, 3.8) is 0 Å². The maximum Gasteiger partial charge on any atom is 0.373 e. The molecule has 0 rings (SSSR count). The summed E-state index contributed by atoms with van der Waals surface area (Å²) in [6.07, 6.45) is 1.85. The van der Waals surface area contributed by atoms with E-state index in [2.05, 4.69) is 13.8 Å². The Balaban J connectivity index is 0. The lowest BCUT2D eigenvalue weighted by Crippen LogP contribution is -2.08. The molecule has 0 aliphatic heterocycles. The summed E-state index contributed by atoms with van der Waals surface area (Å²) in [5, 5.41) is 0. The van der Waals surface area contributed by atoms with Crippen molar-refractivity contribution in [2.45, 2.75) is 33.6 Å². The molecule has 0 aromatic heterocycles. The van der Waals surface area contributed by atoms with Crippen LogP contribution in [0.1, 0.15) is 33.6 Å². The van der Waals surface area contributed by atoms with Gasteiger partial charge >= 0.3 is 12.1 Å². The lowest BCUT2D eigenvalue weighted by atomic mass is 10.1. The number of hydrogen-bond acceptors (Lipinski definition) is 4. The van der Waals surface area contributed by atoms with E-state index < -0.39 is 0 Å². The minimum atomic E-state index is -0.0724. The fraction of sp³-hybridized carbons (Fsp3) is 0.778. The molecule has 0 radical (unpaired) electrons. The molecule has 0 heterocycles. The molecule has 0 aliphatic carbocycles. The zero-order valence-electron chi connectivity index (χ0n) is 8.33. The van der Waals surface area contributed by atoms with Gasteiger partial charge in [0.2, 0.25) is 0 Å². The van der Waals surface area contributed by atoms with Crippen LogP contribution >= 0.6 is 0 Å². The number of esters is 1. The Hall–Kier alpha value is -1.15. The molecule has 0 bridgehead atoms. The smallest absolute Gasteiger partial charge is 0.373 e. The van der Waals surface area contributed by atoms with Crippen LogP contribution in [0.2, 0.25) is 0 Å². The first-order chi connectivity index (χ1) is 6.12. The molecule has 0 aromatic rings. The molecule has 0 saturated heterocycles. The Morgan fingerprint density at radius 3 is 2.15 bits per heavy atom. The van der Waals surface area contributed by atoms with E-state index in [0.717, 1.165) is 6.42 Å². The largest absolute Gasteiger partial charge is 0.466 e. The molecular formula is C9H16O4. The fourth-order valence-electron chi connectivity index (χ4n) is 0.649. The standard InChI is InChI=1S/C8H16O2.CO2/c1-4-7(3)6-8(9)10-5-2;2-1-3/h7H,4-6H2,1-3H3;. The summed E-state index contributed by atoms with van der Waals surface area (Å²) in [4.78, 5) is 27.0. The van der Waals surface area contributed by atoms with Crippen LogP contribution in [0.4, 0.5) is 0 Å². The highest BCUT2D eigenvalue weighted by atomic mass is 16.5. The summed E-state index contributed by atoms with van der Waals surface area (Å²) >= 11 is 0. The number of rotatable bonds is 4. The zero-order valence-corrected chi connectivity index (χ0v) is 8.33. The molecule has 4 nitrogen and oxygen atoms in total. The third-order valence-electron chi connectivity index (χ3n) is 1.52. The van der Waals surface area contributed by atoms with Gasteiger partial charge in [-0.15, -0.1) is 0 Å². The van der Waals surface area contributed by atoms with Crippen LogP contribution in [0.25, 0.3) is 0 Å². The lowest BCUT2D eigenvalue weighted by molar-refractivity contribution is -0.191. The average molecular weight is 188 g/mol. The van der Waals surface area contributed by atoms with E-state index in [1.165, 1.54) is 0 Å². The third kappa shape index (κ3) is 13.8. The van der Waals surface area contributed by atoms with Gasteiger partial charge in [-0.1, -0.05) is 20.3 Å². The van der Waals surface area contributed by atoms with Gasteiger partial charge in [-0.05, 0) is 12.8 Å². The van der Waals surface area contributed by atoms with Crippen molar-refractivity contribution >= 4 is 12.1 Å². The van der Waals surface area contributed by atoms with E-state index in [9.17, 15) is 4.79 Å². The van der Waals surface area contributed by atoms with Crippen LogP contribution in [0.15, 0.2) is 0 Å². The Bertz CT molecular complexity index is 159. The van der Waals surface area contributed by atoms with Crippen LogP contribution < -0.4 is 0 Å². The topological polar surface area (TPSA) is 60.4 Å². The Labute approximate surface area is 78.3 Å². The summed E-state index contributed by atoms with van der Waals surface area (Å²) in [5.41, 5.74) is 0. The molecule has 0 spiro atoms. The van der Waals surface area contributed by atoms with Gasteiger partial charge in [0.1, 0.15) is 0 Å². The fourth-order valence-corrected chi connectivity index (χ4v) is 0.649. The van der Waals surface area contributed by atoms with Gasteiger partial charge in [-0.3, -0.25) is 4.79 Å². The van der Waals surface area contributed by atoms with Crippen LogP contribution in [-0.2, 0) is 19.1 Å². The van der Waals surface area contributed by atoms with Gasteiger partial charge in [0.05, 0.1) is 6.61 Å². The van der Waals surface area contributed by atoms with Crippen molar-refractivity contribution in [3.05, 3.63) is 0 Å². The van der Waals surface area contributed by atoms with E-state index in [1.807, 2.05) is 6.92 Å². The van der Waals surface area contributed by atoms with Gasteiger partial charge in [0, 0.05) is 6.42 Å². The molecule has 1 unspecified atom stereocenters. The highest BCUT2D eigenvalue weighted by Crippen LogP contribution is 2.06. The number of carbonyl (C=O) groups is 1. The second-order valence-electron chi connectivity index (χ2n) is 2.61. The predicted octanol–water partition coefficient (Wildman–Crippen LogP) is 1.40. The monoisotopic (exact) mass is 188 g/mol. The highest BCUT2D eigenvalue weighted by molar-refractivity contribution is 5.69. The first-order valence-corrected chi connectivity index (χ1v) is 4.27. The SMILES string of the molecule is CCOC(=O)CC(C)CC.O=C=O. The molecule has 0 aliphatic rings. The van der Waals surface area contributed by atoms with E-state index in [1.54, 1.807) is 0 Å². The summed E-state index contributed by atoms with van der Waals surface area (Å²) in [7, 11) is 0. The van der Waals surface area contributed by atoms with E-state index in [-0.39, 0.29) is 12.1 Å². The maximum atomic E-state index is 10.8. The van der Waals surface area contributed by atoms with Crippen LogP contribution in [0.3, 0.4) is 0 Å². The molecule has 0 saturated carbocycles. The van der Waals surface area contributed by atoms with Crippen LogP contribution in [0.5, 0.6) is 0 Å². The Morgan fingerprint density at radius 2 is 1.85 bits per heavy atom.